The second-order valence-corrected chi connectivity index (χ2v) is 12.7. The number of aliphatic hydroxyl groups is 1. The van der Waals surface area contributed by atoms with E-state index in [0.717, 1.165) is 29.8 Å². The Morgan fingerprint density at radius 1 is 1.30 bits per heavy atom. The first-order valence-corrected chi connectivity index (χ1v) is 14.2. The molecule has 0 radical (unpaired) electrons. The van der Waals surface area contributed by atoms with Gasteiger partial charge >= 0.3 is 0 Å². The molecule has 3 atom stereocenters. The largest absolute Gasteiger partial charge is 0.491 e. The van der Waals surface area contributed by atoms with Crippen molar-refractivity contribution in [1.82, 2.24) is 5.32 Å². The summed E-state index contributed by atoms with van der Waals surface area (Å²) in [5.74, 6) is 1.04. The van der Waals surface area contributed by atoms with E-state index >= 15 is 0 Å². The van der Waals surface area contributed by atoms with Gasteiger partial charge < -0.3 is 20.5 Å². The van der Waals surface area contributed by atoms with Crippen molar-refractivity contribution >= 4 is 43.7 Å². The van der Waals surface area contributed by atoms with Gasteiger partial charge in [-0.3, -0.25) is 4.79 Å². The van der Waals surface area contributed by atoms with Crippen LogP contribution in [-0.2, 0) is 22.7 Å². The summed E-state index contributed by atoms with van der Waals surface area (Å²) in [6.45, 7) is 2.52. The fourth-order valence-electron chi connectivity index (χ4n) is 4.27. The van der Waals surface area contributed by atoms with Gasteiger partial charge in [-0.2, -0.15) is 0 Å². The van der Waals surface area contributed by atoms with Crippen LogP contribution in [0.1, 0.15) is 40.6 Å². The number of aliphatic hydroxyl groups excluding tert-OH is 1. The van der Waals surface area contributed by atoms with E-state index in [0.29, 0.717) is 28.7 Å². The lowest BCUT2D eigenvalue weighted by molar-refractivity contribution is 0.0940. The van der Waals surface area contributed by atoms with Gasteiger partial charge in [-0.15, -0.1) is 11.3 Å². The van der Waals surface area contributed by atoms with Crippen LogP contribution in [0.5, 0.6) is 5.75 Å². The Morgan fingerprint density at radius 3 is 2.76 bits per heavy atom. The lowest BCUT2D eigenvalue weighted by Gasteiger charge is -2.19. The number of amides is 1. The quantitative estimate of drug-likeness (QED) is 0.501. The van der Waals surface area contributed by atoms with Crippen LogP contribution in [0.2, 0.25) is 5.02 Å². The topological polar surface area (TPSA) is 105 Å². The van der Waals surface area contributed by atoms with Crippen LogP contribution in [0, 0.1) is 5.92 Å². The number of hydrogen-bond acceptors (Lipinski definition) is 7. The van der Waals surface area contributed by atoms with Gasteiger partial charge in [0.2, 0.25) is 0 Å². The van der Waals surface area contributed by atoms with E-state index in [9.17, 15) is 18.3 Å². The molecular weight excluding hydrogens is 484 g/mol. The number of fused-ring (bicyclic) bond motifs is 1. The Morgan fingerprint density at radius 2 is 2.06 bits per heavy atom. The second kappa shape index (κ2) is 10.2. The highest BCUT2D eigenvalue weighted by Gasteiger charge is 2.32. The standard InChI is InChI=1S/C23H29ClN2O5S2/c1-14-2-7-19-20(10-14)32-23(21(19)22(28)26-16-8-9-33(29,30)13-16)25-11-17(27)12-31-18-5-3-15(24)4-6-18/h3-6,14,16-17,25,27H,2,7-13H2,1H3,(H,26,28). The highest BCUT2D eigenvalue weighted by atomic mass is 35.5. The van der Waals surface area contributed by atoms with Crippen LogP contribution in [-0.4, -0.2) is 56.2 Å². The number of hydrogen-bond donors (Lipinski definition) is 3. The Balaban J connectivity index is 1.43. The average Bonchev–Trinajstić information content (AvgIpc) is 3.30. The average molecular weight is 513 g/mol. The number of sulfone groups is 1. The van der Waals surface area contributed by atoms with Crippen molar-refractivity contribution in [1.29, 1.82) is 0 Å². The lowest BCUT2D eigenvalue weighted by atomic mass is 9.88. The molecule has 2 aromatic rings. The molecule has 3 N–H and O–H groups in total. The highest BCUT2D eigenvalue weighted by Crippen LogP contribution is 2.39. The van der Waals surface area contributed by atoms with Crippen molar-refractivity contribution in [2.75, 3.05) is 30.0 Å². The summed E-state index contributed by atoms with van der Waals surface area (Å²) in [5.41, 5.74) is 1.64. The van der Waals surface area contributed by atoms with Crippen molar-refractivity contribution in [3.63, 3.8) is 0 Å². The molecule has 4 rings (SSSR count). The van der Waals surface area contributed by atoms with Crippen molar-refractivity contribution in [2.45, 2.75) is 44.8 Å². The Labute approximate surface area is 203 Å². The number of thiophene rings is 1. The minimum absolute atomic E-state index is 0.00832. The SMILES string of the molecule is CC1CCc2c(sc(NCC(O)COc3ccc(Cl)cc3)c2C(=O)NC2CCS(=O)(=O)C2)C1. The van der Waals surface area contributed by atoms with Crippen molar-refractivity contribution < 1.29 is 23.1 Å². The van der Waals surface area contributed by atoms with Crippen molar-refractivity contribution in [3.8, 4) is 5.75 Å². The molecule has 10 heteroatoms. The summed E-state index contributed by atoms with van der Waals surface area (Å²) in [6.07, 6.45) is 2.42. The molecule has 33 heavy (non-hydrogen) atoms. The summed E-state index contributed by atoms with van der Waals surface area (Å²) >= 11 is 7.43. The van der Waals surface area contributed by atoms with Crippen LogP contribution >= 0.6 is 22.9 Å². The molecule has 180 valence electrons. The van der Waals surface area contributed by atoms with Crippen LogP contribution in [0.25, 0.3) is 0 Å². The third kappa shape index (κ3) is 6.20. The van der Waals surface area contributed by atoms with Gasteiger partial charge in [-0.25, -0.2) is 8.42 Å². The molecule has 0 saturated carbocycles. The molecule has 7 nitrogen and oxygen atoms in total. The first-order valence-electron chi connectivity index (χ1n) is 11.2. The van der Waals surface area contributed by atoms with E-state index < -0.39 is 15.9 Å². The Kier molecular flexibility index (Phi) is 7.53. The summed E-state index contributed by atoms with van der Waals surface area (Å²) in [7, 11) is -3.08. The molecule has 1 aromatic heterocycles. The van der Waals surface area contributed by atoms with E-state index in [-0.39, 0.29) is 36.6 Å². The van der Waals surface area contributed by atoms with E-state index in [1.54, 1.807) is 35.6 Å². The molecular formula is C23H29ClN2O5S2. The van der Waals surface area contributed by atoms with Crippen molar-refractivity contribution in [2.24, 2.45) is 5.92 Å². The van der Waals surface area contributed by atoms with Gasteiger partial charge in [0.05, 0.1) is 17.1 Å². The summed E-state index contributed by atoms with van der Waals surface area (Å²) in [4.78, 5) is 14.4. The summed E-state index contributed by atoms with van der Waals surface area (Å²) < 4.78 is 29.2. The molecule has 1 fully saturated rings. The number of halogens is 1. The maximum Gasteiger partial charge on any atom is 0.254 e. The van der Waals surface area contributed by atoms with Crippen LogP contribution in [0.3, 0.4) is 0 Å². The molecule has 1 saturated heterocycles. The zero-order valence-corrected chi connectivity index (χ0v) is 20.9. The first kappa shape index (κ1) is 24.3. The fraction of sp³-hybridized carbons (Fsp3) is 0.522. The van der Waals surface area contributed by atoms with Gasteiger partial charge in [0.25, 0.3) is 5.91 Å². The Hall–Kier alpha value is -1.81. The molecule has 1 amide bonds. The minimum Gasteiger partial charge on any atom is -0.491 e. The van der Waals surface area contributed by atoms with Crippen molar-refractivity contribution in [3.05, 3.63) is 45.3 Å². The van der Waals surface area contributed by atoms with E-state index in [1.807, 2.05) is 0 Å². The summed E-state index contributed by atoms with van der Waals surface area (Å²) in [5, 5.41) is 17.9. The number of anilines is 1. The van der Waals surface area contributed by atoms with Gasteiger partial charge in [0.15, 0.2) is 9.84 Å². The zero-order valence-electron chi connectivity index (χ0n) is 18.5. The first-order chi connectivity index (χ1) is 15.7. The smallest absolute Gasteiger partial charge is 0.254 e. The maximum atomic E-state index is 13.2. The molecule has 1 aromatic carbocycles. The molecule has 3 unspecified atom stereocenters. The van der Waals surface area contributed by atoms with Crippen LogP contribution in [0.4, 0.5) is 5.00 Å². The van der Waals surface area contributed by atoms with Gasteiger partial charge in [-0.1, -0.05) is 18.5 Å². The lowest BCUT2D eigenvalue weighted by Crippen LogP contribution is -2.36. The normalized spacial score (nSPS) is 22.4. The number of ether oxygens (including phenoxy) is 1. The number of benzene rings is 1. The molecule has 1 aliphatic carbocycles. The monoisotopic (exact) mass is 512 g/mol. The van der Waals surface area contributed by atoms with Gasteiger partial charge in [0.1, 0.15) is 23.5 Å². The second-order valence-electron chi connectivity index (χ2n) is 8.93. The number of nitrogens with one attached hydrogen (secondary N) is 2. The predicted octanol–water partition coefficient (Wildman–Crippen LogP) is 3.30. The van der Waals surface area contributed by atoms with E-state index in [1.165, 1.54) is 4.88 Å². The van der Waals surface area contributed by atoms with Crippen LogP contribution in [0.15, 0.2) is 24.3 Å². The minimum atomic E-state index is -3.08. The molecule has 2 heterocycles. The maximum absolute atomic E-state index is 13.2. The molecule has 2 aliphatic rings. The third-order valence-corrected chi connectivity index (χ3v) is 9.29. The number of carbonyl (C=O) groups is 1. The highest BCUT2D eigenvalue weighted by molar-refractivity contribution is 7.91. The number of carbonyl (C=O) groups excluding carboxylic acids is 1. The summed E-state index contributed by atoms with van der Waals surface area (Å²) in [6, 6.07) is 6.57. The molecule has 0 spiro atoms. The molecule has 0 bridgehead atoms. The zero-order chi connectivity index (χ0) is 23.6. The van der Waals surface area contributed by atoms with Gasteiger partial charge in [-0.05, 0) is 61.4 Å². The van der Waals surface area contributed by atoms with Crippen LogP contribution < -0.4 is 15.4 Å². The Bertz CT molecular complexity index is 1100. The number of rotatable bonds is 8. The fourth-order valence-corrected chi connectivity index (χ4v) is 7.49. The third-order valence-electron chi connectivity index (χ3n) is 6.06. The van der Waals surface area contributed by atoms with E-state index in [4.69, 9.17) is 16.3 Å². The van der Waals surface area contributed by atoms with Gasteiger partial charge in [0, 0.05) is 22.5 Å². The molecule has 1 aliphatic heterocycles. The predicted molar refractivity (Wildman–Crippen MR) is 131 cm³/mol. The van der Waals surface area contributed by atoms with E-state index in [2.05, 4.69) is 17.6 Å².